The van der Waals surface area contributed by atoms with Gasteiger partial charge in [0, 0.05) is 0 Å². The van der Waals surface area contributed by atoms with Crippen LogP contribution in [0.15, 0.2) is 0 Å². The minimum Gasteiger partial charge on any atom is -1.00 e. The molecule has 0 aliphatic carbocycles. The van der Waals surface area contributed by atoms with Crippen LogP contribution in [-0.4, -0.2) is 17.9 Å². The summed E-state index contributed by atoms with van der Waals surface area (Å²) < 4.78 is 18.0. The van der Waals surface area contributed by atoms with Gasteiger partial charge < -0.3 is 1.43 Å². The largest absolute Gasteiger partial charge is 1.00 e. The fraction of sp³-hybridized carbons (Fsp3) is 1.00. The molecule has 0 spiro atoms. The molecule has 2 nitrogen and oxygen atoms in total. The molecule has 0 aliphatic heterocycles. The van der Waals surface area contributed by atoms with Crippen molar-refractivity contribution in [3.05, 3.63) is 0 Å². The van der Waals surface area contributed by atoms with E-state index in [0.717, 1.165) is 0 Å². The summed E-state index contributed by atoms with van der Waals surface area (Å²) >= 11 is -3.12. The molecule has 1 N–H and O–H groups in total. The summed E-state index contributed by atoms with van der Waals surface area (Å²) in [6.07, 6.45) is 0. The van der Waals surface area contributed by atoms with E-state index in [1.165, 1.54) is 11.4 Å². The summed E-state index contributed by atoms with van der Waals surface area (Å²) in [6.45, 7) is 0. The van der Waals surface area contributed by atoms with Gasteiger partial charge in [0.1, 0.15) is 0 Å². The van der Waals surface area contributed by atoms with Crippen LogP contribution in [-0.2, 0) is 3.74 Å². The fourth-order valence-electron chi connectivity index (χ4n) is 0. The molecule has 0 saturated heterocycles. The summed E-state index contributed by atoms with van der Waals surface area (Å²) in [7, 11) is 0. The summed E-state index contributed by atoms with van der Waals surface area (Å²) in [5.41, 5.74) is 2.72. The maximum atomic E-state index is 9.83. The predicted octanol–water partition coefficient (Wildman–Crippen LogP) is -2.77. The molecule has 6 heavy (non-hydrogen) atoms. The second-order valence-electron chi connectivity index (χ2n) is 1.29. The molecule has 0 rings (SSSR count). The van der Waals surface area contributed by atoms with Crippen LogP contribution in [0.1, 0.15) is 1.43 Å². The van der Waals surface area contributed by atoms with Gasteiger partial charge in [0.05, 0.1) is 0 Å². The Morgan fingerprint density at radius 2 is 1.67 bits per heavy atom. The number of rotatable bonds is 0. The van der Waals surface area contributed by atoms with Crippen LogP contribution in [0.4, 0.5) is 0 Å². The molecule has 0 aromatic heterocycles. The van der Waals surface area contributed by atoms with Gasteiger partial charge in [-0.15, -0.1) is 0 Å². The second kappa shape index (κ2) is 3.90. The maximum Gasteiger partial charge on any atom is 1.00 e. The quantitative estimate of drug-likeness (QED) is 0.408. The molecular formula is C2H8AsKO2. The first-order valence-electron chi connectivity index (χ1n) is 1.28. The molecule has 4 heteroatoms. The Bertz CT molecular complexity index is 61.8. The van der Waals surface area contributed by atoms with Crippen LogP contribution >= 0.6 is 0 Å². The fourth-order valence-corrected chi connectivity index (χ4v) is 0. The molecule has 0 fully saturated rings. The van der Waals surface area contributed by atoms with Crippen LogP contribution in [0.25, 0.3) is 0 Å². The van der Waals surface area contributed by atoms with Gasteiger partial charge in [0.25, 0.3) is 0 Å². The van der Waals surface area contributed by atoms with Gasteiger partial charge in [-0.1, -0.05) is 0 Å². The van der Waals surface area contributed by atoms with Crippen molar-refractivity contribution in [3.8, 4) is 0 Å². The van der Waals surface area contributed by atoms with Gasteiger partial charge in [-0.3, -0.25) is 0 Å². The summed E-state index contributed by atoms with van der Waals surface area (Å²) in [5, 5.41) is 0. The van der Waals surface area contributed by atoms with Crippen molar-refractivity contribution in [2.75, 3.05) is 0 Å². The zero-order chi connectivity index (χ0) is 4.50. The average molecular weight is 178 g/mol. The molecule has 0 atom stereocenters. The third kappa shape index (κ3) is 38.3. The summed E-state index contributed by atoms with van der Waals surface area (Å²) in [4.78, 5) is 0. The molecule has 0 amide bonds. The van der Waals surface area contributed by atoms with E-state index in [2.05, 4.69) is 0 Å². The van der Waals surface area contributed by atoms with E-state index in [9.17, 15) is 3.74 Å². The minimum atomic E-state index is -3.12. The Labute approximate surface area is 84.2 Å². The normalized spacial score (nSPS) is 9.83. The van der Waals surface area contributed by atoms with E-state index in [4.69, 9.17) is 4.10 Å². The Balaban J connectivity index is -0.0000000800. The number of hydrogen-bond acceptors (Lipinski definition) is 1. The van der Waals surface area contributed by atoms with E-state index in [1.807, 2.05) is 0 Å². The topological polar surface area (TPSA) is 37.3 Å². The van der Waals surface area contributed by atoms with E-state index in [-0.39, 0.29) is 52.8 Å². The van der Waals surface area contributed by atoms with E-state index in [0.29, 0.717) is 0 Å². The van der Waals surface area contributed by atoms with Gasteiger partial charge in [-0.25, -0.2) is 0 Å². The first-order chi connectivity index (χ1) is 2.00. The Hall–Kier alpha value is 1.95. The SMILES string of the molecule is C[As](C)(=O)O.[H-].[K+]. The van der Waals surface area contributed by atoms with Crippen LogP contribution < -0.4 is 51.4 Å². The van der Waals surface area contributed by atoms with Crippen molar-refractivity contribution in [2.24, 2.45) is 0 Å². The van der Waals surface area contributed by atoms with Crippen molar-refractivity contribution in [3.63, 3.8) is 0 Å². The Morgan fingerprint density at radius 3 is 1.67 bits per heavy atom. The van der Waals surface area contributed by atoms with Gasteiger partial charge in [0.15, 0.2) is 0 Å². The van der Waals surface area contributed by atoms with E-state index < -0.39 is 13.8 Å². The monoisotopic (exact) mass is 178 g/mol. The minimum absolute atomic E-state index is 0. The van der Waals surface area contributed by atoms with Crippen molar-refractivity contribution in [1.82, 2.24) is 0 Å². The first-order valence-corrected chi connectivity index (χ1v) is 6.64. The van der Waals surface area contributed by atoms with Gasteiger partial charge >= 0.3 is 84.5 Å². The van der Waals surface area contributed by atoms with Crippen LogP contribution in [0.3, 0.4) is 0 Å². The predicted molar refractivity (Wildman–Crippen MR) is 21.5 cm³/mol. The third-order valence-corrected chi connectivity index (χ3v) is 0. The molecule has 0 saturated carbocycles. The molecule has 0 aromatic carbocycles. The number of hydrogen-bond donors (Lipinski definition) is 1. The smallest absolute Gasteiger partial charge is 1.00 e. The zero-order valence-corrected chi connectivity index (χ0v) is 9.30. The van der Waals surface area contributed by atoms with Crippen molar-refractivity contribution < 1.29 is 60.6 Å². The maximum absolute atomic E-state index is 9.83. The first kappa shape index (κ1) is 10.9. The van der Waals surface area contributed by atoms with Crippen molar-refractivity contribution >= 4 is 13.8 Å². The molecule has 0 aliphatic rings. The Morgan fingerprint density at radius 1 is 1.67 bits per heavy atom. The van der Waals surface area contributed by atoms with E-state index >= 15 is 0 Å². The molecule has 0 unspecified atom stereocenters. The van der Waals surface area contributed by atoms with Gasteiger partial charge in [0.2, 0.25) is 0 Å². The van der Waals surface area contributed by atoms with Crippen LogP contribution in [0, 0.1) is 0 Å². The molecule has 0 bridgehead atoms. The third-order valence-electron chi connectivity index (χ3n) is 0. The Kier molecular flexibility index (Phi) is 7.05. The second-order valence-corrected chi connectivity index (χ2v) is 6.72. The van der Waals surface area contributed by atoms with Crippen molar-refractivity contribution in [2.45, 2.75) is 11.4 Å². The van der Waals surface area contributed by atoms with Gasteiger partial charge in [-0.2, -0.15) is 0 Å². The molecular weight excluding hydrogens is 170 g/mol. The molecule has 0 aromatic rings. The van der Waals surface area contributed by atoms with Crippen LogP contribution in [0.2, 0.25) is 11.4 Å². The standard InChI is InChI=1S/C2H7AsO2.K.H/c1-3(2,4)5;;/h1-2H3,(H,4,5);;/q;+1;-1. The van der Waals surface area contributed by atoms with E-state index in [1.54, 1.807) is 0 Å². The van der Waals surface area contributed by atoms with Gasteiger partial charge in [-0.05, 0) is 0 Å². The molecule has 34 valence electrons. The van der Waals surface area contributed by atoms with Crippen molar-refractivity contribution in [1.29, 1.82) is 0 Å². The van der Waals surface area contributed by atoms with Crippen LogP contribution in [0.5, 0.6) is 0 Å². The molecule has 0 radical (unpaired) electrons. The zero-order valence-electron chi connectivity index (χ0n) is 5.30. The molecule has 0 heterocycles. The summed E-state index contributed by atoms with van der Waals surface area (Å²) in [6, 6.07) is 0. The average Bonchev–Trinajstić information content (AvgIpc) is 0.722. The summed E-state index contributed by atoms with van der Waals surface area (Å²) in [5.74, 6) is 0.